The van der Waals surface area contributed by atoms with Gasteiger partial charge in [-0.2, -0.15) is 0 Å². The summed E-state index contributed by atoms with van der Waals surface area (Å²) in [6.45, 7) is 5.73. The second-order valence-electron chi connectivity index (χ2n) is 4.26. The number of halogens is 1. The highest BCUT2D eigenvalue weighted by atomic mass is 35.5. The summed E-state index contributed by atoms with van der Waals surface area (Å²) >= 11 is 6.07. The molecule has 1 aromatic carbocycles. The topological polar surface area (TPSA) is 41.5 Å². The molecule has 0 aromatic heterocycles. The number of hydrogen-bond acceptors (Lipinski definition) is 2. The molecule has 1 heterocycles. The van der Waals surface area contributed by atoms with Gasteiger partial charge in [-0.25, -0.2) is 0 Å². The Hall–Kier alpha value is -2.13. The Morgan fingerprint density at radius 2 is 2.30 bits per heavy atom. The lowest BCUT2D eigenvalue weighted by molar-refractivity contribution is -0.114. The van der Waals surface area contributed by atoms with Crippen LogP contribution >= 0.6 is 11.6 Å². The summed E-state index contributed by atoms with van der Waals surface area (Å²) in [5.41, 5.74) is 3.16. The molecule has 0 saturated carbocycles. The van der Waals surface area contributed by atoms with Gasteiger partial charge in [-0.1, -0.05) is 42.5 Å². The van der Waals surface area contributed by atoms with Crippen LogP contribution in [0, 0.1) is 0 Å². The van der Waals surface area contributed by atoms with Crippen LogP contribution in [0.1, 0.15) is 12.5 Å². The normalized spacial score (nSPS) is 15.4. The van der Waals surface area contributed by atoms with Gasteiger partial charge in [0.05, 0.1) is 11.4 Å². The molecule has 1 aliphatic heterocycles. The Labute approximate surface area is 123 Å². The number of aliphatic imine (C=N–C) groups is 1. The number of carbonyl (C=O) groups is 1. The maximum Gasteiger partial charge on any atom is 0.246 e. The van der Waals surface area contributed by atoms with Crippen LogP contribution in [-0.4, -0.2) is 18.2 Å². The lowest BCUT2D eigenvalue weighted by Crippen LogP contribution is -2.13. The molecule has 0 unspecified atom stereocenters. The van der Waals surface area contributed by atoms with Gasteiger partial charge in [-0.05, 0) is 25.1 Å². The van der Waals surface area contributed by atoms with Gasteiger partial charge in [0, 0.05) is 16.2 Å². The molecule has 0 atom stereocenters. The lowest BCUT2D eigenvalue weighted by atomic mass is 9.99. The van der Waals surface area contributed by atoms with Crippen LogP contribution in [0.15, 0.2) is 59.6 Å². The first-order valence-corrected chi connectivity index (χ1v) is 6.63. The number of nitrogens with one attached hydrogen (secondary N) is 1. The molecule has 2 rings (SSSR count). The minimum atomic E-state index is -0.137. The summed E-state index contributed by atoms with van der Waals surface area (Å²) in [4.78, 5) is 16.1. The molecule has 0 saturated heterocycles. The number of nitrogens with zero attached hydrogens (tertiary/aromatic N) is 1. The molecular weight excluding hydrogens is 272 g/mol. The van der Waals surface area contributed by atoms with Gasteiger partial charge in [-0.3, -0.25) is 9.79 Å². The number of allylic oxidation sites excluding steroid dienone is 5. The first-order chi connectivity index (χ1) is 9.65. The molecule has 1 amide bonds. The SMILES string of the molecule is C=C/C=C(\C=C/C)C1=NCC(=O)Nc2ccc(Cl)cc21. The lowest BCUT2D eigenvalue weighted by Gasteiger charge is -2.11. The van der Waals surface area contributed by atoms with E-state index in [1.165, 1.54) is 0 Å². The second-order valence-corrected chi connectivity index (χ2v) is 4.70. The minimum Gasteiger partial charge on any atom is -0.324 e. The highest BCUT2D eigenvalue weighted by Gasteiger charge is 2.18. The molecule has 3 nitrogen and oxygen atoms in total. The number of carbonyl (C=O) groups excluding carboxylic acids is 1. The summed E-state index contributed by atoms with van der Waals surface area (Å²) in [5, 5.41) is 3.43. The van der Waals surface area contributed by atoms with E-state index in [1.807, 2.05) is 31.2 Å². The number of amides is 1. The van der Waals surface area contributed by atoms with Crippen molar-refractivity contribution in [1.29, 1.82) is 0 Å². The zero-order valence-electron chi connectivity index (χ0n) is 11.2. The van der Waals surface area contributed by atoms with Crippen LogP contribution in [0.3, 0.4) is 0 Å². The van der Waals surface area contributed by atoms with Gasteiger partial charge in [0.1, 0.15) is 6.54 Å². The van der Waals surface area contributed by atoms with E-state index in [-0.39, 0.29) is 12.5 Å². The zero-order valence-corrected chi connectivity index (χ0v) is 11.9. The van der Waals surface area contributed by atoms with Crippen molar-refractivity contribution in [1.82, 2.24) is 0 Å². The third-order valence-electron chi connectivity index (χ3n) is 2.81. The predicted octanol–water partition coefficient (Wildman–Crippen LogP) is 3.77. The maximum atomic E-state index is 11.7. The Morgan fingerprint density at radius 3 is 3.00 bits per heavy atom. The summed E-state index contributed by atoms with van der Waals surface area (Å²) in [7, 11) is 0. The fourth-order valence-electron chi connectivity index (χ4n) is 2.01. The average molecular weight is 287 g/mol. The fourth-order valence-corrected chi connectivity index (χ4v) is 2.19. The molecule has 1 aliphatic rings. The average Bonchev–Trinajstić information content (AvgIpc) is 2.57. The molecule has 102 valence electrons. The molecular formula is C16H15ClN2O. The van der Waals surface area contributed by atoms with Crippen molar-refractivity contribution in [2.45, 2.75) is 6.92 Å². The molecule has 0 radical (unpaired) electrons. The van der Waals surface area contributed by atoms with Crippen molar-refractivity contribution >= 4 is 28.9 Å². The molecule has 0 bridgehead atoms. The van der Waals surface area contributed by atoms with Crippen LogP contribution in [0.25, 0.3) is 0 Å². The van der Waals surface area contributed by atoms with E-state index < -0.39 is 0 Å². The first-order valence-electron chi connectivity index (χ1n) is 6.25. The van der Waals surface area contributed by atoms with E-state index in [0.29, 0.717) is 5.02 Å². The molecule has 20 heavy (non-hydrogen) atoms. The van der Waals surface area contributed by atoms with Crippen LogP contribution in [0.5, 0.6) is 0 Å². The highest BCUT2D eigenvalue weighted by molar-refractivity contribution is 6.32. The van der Waals surface area contributed by atoms with Crippen LogP contribution in [0.2, 0.25) is 5.02 Å². The summed E-state index contributed by atoms with van der Waals surface area (Å²) < 4.78 is 0. The maximum absolute atomic E-state index is 11.7. The monoisotopic (exact) mass is 286 g/mol. The number of hydrogen-bond donors (Lipinski definition) is 1. The molecule has 1 N–H and O–H groups in total. The van der Waals surface area contributed by atoms with Gasteiger partial charge in [0.15, 0.2) is 0 Å². The van der Waals surface area contributed by atoms with E-state index in [9.17, 15) is 4.79 Å². The molecule has 0 fully saturated rings. The number of rotatable bonds is 3. The Kier molecular flexibility index (Phi) is 4.53. The van der Waals surface area contributed by atoms with Gasteiger partial charge in [-0.15, -0.1) is 0 Å². The number of benzodiazepines with no additional fused rings is 1. The Morgan fingerprint density at radius 1 is 1.50 bits per heavy atom. The molecule has 4 heteroatoms. The predicted molar refractivity (Wildman–Crippen MR) is 84.6 cm³/mol. The standard InChI is InChI=1S/C16H15ClN2O/c1-3-5-11(6-4-2)16-13-9-12(17)7-8-14(13)19-15(20)10-18-16/h3-9H,1,10H2,2H3,(H,19,20)/b6-4-,11-5+. The van der Waals surface area contributed by atoms with Gasteiger partial charge < -0.3 is 5.32 Å². The van der Waals surface area contributed by atoms with Crippen molar-refractivity contribution in [3.05, 3.63) is 65.2 Å². The smallest absolute Gasteiger partial charge is 0.246 e. The summed E-state index contributed by atoms with van der Waals surface area (Å²) in [5.74, 6) is -0.137. The van der Waals surface area contributed by atoms with Crippen LogP contribution in [0.4, 0.5) is 5.69 Å². The van der Waals surface area contributed by atoms with E-state index in [0.717, 1.165) is 22.5 Å². The minimum absolute atomic E-state index is 0.0909. The quantitative estimate of drug-likeness (QED) is 0.844. The molecule has 0 aliphatic carbocycles. The highest BCUT2D eigenvalue weighted by Crippen LogP contribution is 2.26. The van der Waals surface area contributed by atoms with E-state index in [4.69, 9.17) is 11.6 Å². The Bertz CT molecular complexity index is 642. The van der Waals surface area contributed by atoms with Crippen molar-refractivity contribution < 1.29 is 4.79 Å². The fraction of sp³-hybridized carbons (Fsp3) is 0.125. The third-order valence-corrected chi connectivity index (χ3v) is 3.04. The number of anilines is 1. The van der Waals surface area contributed by atoms with Gasteiger partial charge in [0.2, 0.25) is 5.91 Å². The van der Waals surface area contributed by atoms with Gasteiger partial charge >= 0.3 is 0 Å². The van der Waals surface area contributed by atoms with E-state index in [2.05, 4.69) is 16.9 Å². The van der Waals surface area contributed by atoms with Crippen molar-refractivity contribution in [2.75, 3.05) is 11.9 Å². The van der Waals surface area contributed by atoms with Crippen molar-refractivity contribution in [3.63, 3.8) is 0 Å². The Balaban J connectivity index is 2.63. The third kappa shape index (κ3) is 3.06. The van der Waals surface area contributed by atoms with E-state index in [1.54, 1.807) is 18.2 Å². The summed E-state index contributed by atoms with van der Waals surface area (Å²) in [6, 6.07) is 5.34. The zero-order chi connectivity index (χ0) is 14.5. The van der Waals surface area contributed by atoms with E-state index >= 15 is 0 Å². The molecule has 0 spiro atoms. The summed E-state index contributed by atoms with van der Waals surface area (Å²) in [6.07, 6.45) is 7.41. The largest absolute Gasteiger partial charge is 0.324 e. The van der Waals surface area contributed by atoms with Crippen molar-refractivity contribution in [2.24, 2.45) is 4.99 Å². The van der Waals surface area contributed by atoms with Crippen LogP contribution in [-0.2, 0) is 4.79 Å². The second kappa shape index (κ2) is 6.35. The van der Waals surface area contributed by atoms with Crippen molar-refractivity contribution in [3.8, 4) is 0 Å². The van der Waals surface area contributed by atoms with Gasteiger partial charge in [0.25, 0.3) is 0 Å². The number of benzene rings is 1. The van der Waals surface area contributed by atoms with Crippen LogP contribution < -0.4 is 5.32 Å². The first kappa shape index (κ1) is 14.3. The molecule has 1 aromatic rings. The number of fused-ring (bicyclic) bond motifs is 1.